The van der Waals surface area contributed by atoms with Gasteiger partial charge in [0.25, 0.3) is 0 Å². The molecule has 1 saturated carbocycles. The van der Waals surface area contributed by atoms with E-state index in [1.807, 2.05) is 11.8 Å². The summed E-state index contributed by atoms with van der Waals surface area (Å²) in [4.78, 5) is 4.91. The van der Waals surface area contributed by atoms with E-state index in [0.717, 1.165) is 24.1 Å². The molecule has 110 valence electrons. The second kappa shape index (κ2) is 6.04. The third-order valence-corrected chi connectivity index (χ3v) is 5.34. The summed E-state index contributed by atoms with van der Waals surface area (Å²) in [6, 6.07) is 1.02. The molecule has 0 amide bonds. The van der Waals surface area contributed by atoms with Crippen LogP contribution in [0, 0.1) is 11.3 Å². The van der Waals surface area contributed by atoms with Crippen LogP contribution in [0.1, 0.15) is 47.5 Å². The van der Waals surface area contributed by atoms with Gasteiger partial charge in [-0.2, -0.15) is 0 Å². The SMILES string of the molecule is CCOC1CC(N=C2NC(CC(C)C)CS2)C1(C)C. The molecule has 2 aliphatic rings. The lowest BCUT2D eigenvalue weighted by molar-refractivity contribution is -0.103. The fraction of sp³-hybridized carbons (Fsp3) is 0.933. The van der Waals surface area contributed by atoms with Gasteiger partial charge in [-0.05, 0) is 25.7 Å². The molecule has 1 heterocycles. The zero-order valence-corrected chi connectivity index (χ0v) is 13.7. The van der Waals surface area contributed by atoms with Crippen LogP contribution in [-0.2, 0) is 4.74 Å². The lowest BCUT2D eigenvalue weighted by atomic mass is 9.65. The molecule has 0 radical (unpaired) electrons. The Morgan fingerprint density at radius 2 is 2.21 bits per heavy atom. The quantitative estimate of drug-likeness (QED) is 0.841. The minimum absolute atomic E-state index is 0.182. The molecule has 1 N–H and O–H groups in total. The predicted octanol–water partition coefficient (Wildman–Crippen LogP) is 3.30. The smallest absolute Gasteiger partial charge is 0.157 e. The molecule has 2 rings (SSSR count). The minimum atomic E-state index is 0.182. The van der Waals surface area contributed by atoms with Crippen molar-refractivity contribution in [2.45, 2.75) is 65.6 Å². The van der Waals surface area contributed by atoms with E-state index in [0.29, 0.717) is 18.2 Å². The van der Waals surface area contributed by atoms with Gasteiger partial charge in [0.2, 0.25) is 0 Å². The van der Waals surface area contributed by atoms with Crippen LogP contribution >= 0.6 is 11.8 Å². The molecule has 2 fully saturated rings. The summed E-state index contributed by atoms with van der Waals surface area (Å²) in [7, 11) is 0. The van der Waals surface area contributed by atoms with Gasteiger partial charge in [0.15, 0.2) is 5.17 Å². The van der Waals surface area contributed by atoms with Crippen LogP contribution in [0.25, 0.3) is 0 Å². The molecule has 3 nitrogen and oxygen atoms in total. The molecule has 0 spiro atoms. The summed E-state index contributed by atoms with van der Waals surface area (Å²) in [6.07, 6.45) is 2.69. The normalized spacial score (nSPS) is 35.5. The highest BCUT2D eigenvalue weighted by Gasteiger charge is 2.49. The van der Waals surface area contributed by atoms with E-state index in [9.17, 15) is 0 Å². The zero-order valence-electron chi connectivity index (χ0n) is 12.9. The summed E-state index contributed by atoms with van der Waals surface area (Å²) in [5.74, 6) is 1.92. The first-order chi connectivity index (χ1) is 8.93. The van der Waals surface area contributed by atoms with E-state index in [4.69, 9.17) is 9.73 Å². The van der Waals surface area contributed by atoms with Gasteiger partial charge in [-0.15, -0.1) is 0 Å². The Morgan fingerprint density at radius 1 is 1.47 bits per heavy atom. The van der Waals surface area contributed by atoms with Gasteiger partial charge in [0, 0.05) is 23.8 Å². The Balaban J connectivity index is 1.87. The van der Waals surface area contributed by atoms with Crippen molar-refractivity contribution in [3.63, 3.8) is 0 Å². The monoisotopic (exact) mass is 284 g/mol. The molecule has 1 saturated heterocycles. The van der Waals surface area contributed by atoms with E-state index in [1.165, 1.54) is 12.2 Å². The summed E-state index contributed by atoms with van der Waals surface area (Å²) in [6.45, 7) is 12.0. The number of aliphatic imine (C=N–C) groups is 1. The Labute approximate surface area is 122 Å². The van der Waals surface area contributed by atoms with Crippen LogP contribution < -0.4 is 5.32 Å². The Morgan fingerprint density at radius 3 is 2.79 bits per heavy atom. The van der Waals surface area contributed by atoms with Crippen molar-refractivity contribution < 1.29 is 4.74 Å². The highest BCUT2D eigenvalue weighted by molar-refractivity contribution is 8.14. The second-order valence-corrected chi connectivity index (χ2v) is 7.74. The van der Waals surface area contributed by atoms with Crippen LogP contribution in [0.5, 0.6) is 0 Å². The number of rotatable bonds is 5. The van der Waals surface area contributed by atoms with Crippen molar-refractivity contribution in [2.75, 3.05) is 12.4 Å². The van der Waals surface area contributed by atoms with Gasteiger partial charge in [0.05, 0.1) is 12.1 Å². The van der Waals surface area contributed by atoms with Gasteiger partial charge in [0.1, 0.15) is 0 Å². The maximum Gasteiger partial charge on any atom is 0.157 e. The van der Waals surface area contributed by atoms with E-state index >= 15 is 0 Å². The lowest BCUT2D eigenvalue weighted by Gasteiger charge is -2.49. The van der Waals surface area contributed by atoms with Crippen LogP contribution in [0.2, 0.25) is 0 Å². The predicted molar refractivity (Wildman–Crippen MR) is 83.9 cm³/mol. The van der Waals surface area contributed by atoms with Crippen molar-refractivity contribution in [2.24, 2.45) is 16.3 Å². The van der Waals surface area contributed by atoms with E-state index in [2.05, 4.69) is 39.9 Å². The third kappa shape index (κ3) is 3.46. The van der Waals surface area contributed by atoms with Crippen molar-refractivity contribution >= 4 is 16.9 Å². The number of nitrogens with one attached hydrogen (secondary N) is 1. The number of ether oxygens (including phenoxy) is 1. The zero-order chi connectivity index (χ0) is 14.0. The fourth-order valence-electron chi connectivity index (χ4n) is 2.92. The summed E-state index contributed by atoms with van der Waals surface area (Å²) < 4.78 is 5.77. The molecule has 3 unspecified atom stereocenters. The van der Waals surface area contributed by atoms with Crippen molar-refractivity contribution in [3.05, 3.63) is 0 Å². The van der Waals surface area contributed by atoms with Crippen LogP contribution in [-0.4, -0.2) is 35.7 Å². The van der Waals surface area contributed by atoms with Gasteiger partial charge >= 0.3 is 0 Å². The van der Waals surface area contributed by atoms with E-state index in [-0.39, 0.29) is 5.41 Å². The molecule has 1 aliphatic carbocycles. The van der Waals surface area contributed by atoms with Crippen molar-refractivity contribution in [1.82, 2.24) is 5.32 Å². The first-order valence-electron chi connectivity index (χ1n) is 7.52. The maximum atomic E-state index is 5.77. The van der Waals surface area contributed by atoms with E-state index < -0.39 is 0 Å². The molecule has 0 aromatic carbocycles. The highest BCUT2D eigenvalue weighted by atomic mass is 32.2. The average Bonchev–Trinajstić information content (AvgIpc) is 2.74. The molecule has 19 heavy (non-hydrogen) atoms. The van der Waals surface area contributed by atoms with Gasteiger partial charge < -0.3 is 10.1 Å². The van der Waals surface area contributed by atoms with Gasteiger partial charge in [-0.3, -0.25) is 4.99 Å². The standard InChI is InChI=1S/C15H28N2OS/c1-6-18-13-8-12(15(13,4)5)17-14-16-11(9-19-14)7-10(2)3/h10-13H,6-9H2,1-5H3,(H,16,17). The fourth-order valence-corrected chi connectivity index (χ4v) is 3.95. The second-order valence-electron chi connectivity index (χ2n) is 6.73. The molecule has 0 bridgehead atoms. The van der Waals surface area contributed by atoms with Crippen molar-refractivity contribution in [1.29, 1.82) is 0 Å². The summed E-state index contributed by atoms with van der Waals surface area (Å²) >= 11 is 1.88. The van der Waals surface area contributed by atoms with Gasteiger partial charge in [-0.1, -0.05) is 39.5 Å². The Bertz CT molecular complexity index is 341. The molecular weight excluding hydrogens is 256 g/mol. The number of hydrogen-bond donors (Lipinski definition) is 1. The molecular formula is C15H28N2OS. The van der Waals surface area contributed by atoms with Crippen LogP contribution in [0.4, 0.5) is 0 Å². The van der Waals surface area contributed by atoms with Crippen molar-refractivity contribution in [3.8, 4) is 0 Å². The molecule has 0 aromatic heterocycles. The maximum absolute atomic E-state index is 5.77. The molecule has 3 atom stereocenters. The van der Waals surface area contributed by atoms with Crippen LogP contribution in [0.15, 0.2) is 4.99 Å². The topological polar surface area (TPSA) is 33.6 Å². The highest BCUT2D eigenvalue weighted by Crippen LogP contribution is 2.45. The lowest BCUT2D eigenvalue weighted by Crippen LogP contribution is -2.54. The Hall–Kier alpha value is -0.220. The molecule has 4 heteroatoms. The minimum Gasteiger partial charge on any atom is -0.378 e. The average molecular weight is 284 g/mol. The molecule has 1 aliphatic heterocycles. The summed E-state index contributed by atoms with van der Waals surface area (Å²) in [5, 5.41) is 4.73. The first-order valence-corrected chi connectivity index (χ1v) is 8.50. The number of amidine groups is 1. The Kier molecular flexibility index (Phi) is 4.83. The molecule has 0 aromatic rings. The number of hydrogen-bond acceptors (Lipinski definition) is 3. The summed E-state index contributed by atoms with van der Waals surface area (Å²) in [5.41, 5.74) is 0.182. The van der Waals surface area contributed by atoms with Crippen LogP contribution in [0.3, 0.4) is 0 Å². The number of nitrogens with zero attached hydrogens (tertiary/aromatic N) is 1. The number of thioether (sulfide) groups is 1. The third-order valence-electron chi connectivity index (χ3n) is 4.27. The van der Waals surface area contributed by atoms with Gasteiger partial charge in [-0.25, -0.2) is 0 Å². The largest absolute Gasteiger partial charge is 0.378 e. The van der Waals surface area contributed by atoms with E-state index in [1.54, 1.807) is 0 Å². The first kappa shape index (κ1) is 15.2.